The lowest BCUT2D eigenvalue weighted by molar-refractivity contribution is 0.646. The standard InChI is InChI=1S/C8H19NS2/c1-5-6-10-11-8(2,3)7-9-4/h9H,5-7H2,1-4H3. The molecule has 0 aromatic carbocycles. The maximum atomic E-state index is 3.20. The Labute approximate surface area is 78.5 Å². The second kappa shape index (κ2) is 6.21. The lowest BCUT2D eigenvalue weighted by Crippen LogP contribution is -2.28. The first kappa shape index (κ1) is 11.7. The van der Waals surface area contributed by atoms with Crippen LogP contribution in [0.25, 0.3) is 0 Å². The molecule has 0 aliphatic carbocycles. The molecule has 0 aromatic heterocycles. The Morgan fingerprint density at radius 3 is 2.45 bits per heavy atom. The molecule has 0 saturated heterocycles. The zero-order chi connectivity index (χ0) is 8.74. The van der Waals surface area contributed by atoms with Gasteiger partial charge in [-0.2, -0.15) is 0 Å². The van der Waals surface area contributed by atoms with E-state index >= 15 is 0 Å². The Kier molecular flexibility index (Phi) is 6.58. The smallest absolute Gasteiger partial charge is 0.0331 e. The normalized spacial score (nSPS) is 12.0. The fraction of sp³-hybridized carbons (Fsp3) is 1.00. The Morgan fingerprint density at radius 2 is 2.00 bits per heavy atom. The summed E-state index contributed by atoms with van der Waals surface area (Å²) in [4.78, 5) is 0. The molecule has 0 aliphatic rings. The fourth-order valence-electron chi connectivity index (χ4n) is 0.740. The van der Waals surface area contributed by atoms with Gasteiger partial charge in [0.15, 0.2) is 0 Å². The third-order valence-electron chi connectivity index (χ3n) is 1.17. The molecule has 3 heteroatoms. The molecular weight excluding hydrogens is 174 g/mol. The Hall–Kier alpha value is 0.660. The minimum Gasteiger partial charge on any atom is -0.318 e. The van der Waals surface area contributed by atoms with Gasteiger partial charge in [-0.1, -0.05) is 28.5 Å². The van der Waals surface area contributed by atoms with Gasteiger partial charge in [-0.25, -0.2) is 0 Å². The quantitative estimate of drug-likeness (QED) is 0.514. The van der Waals surface area contributed by atoms with Crippen molar-refractivity contribution in [2.75, 3.05) is 19.3 Å². The van der Waals surface area contributed by atoms with Crippen molar-refractivity contribution in [2.45, 2.75) is 31.9 Å². The molecule has 11 heavy (non-hydrogen) atoms. The predicted molar refractivity (Wildman–Crippen MR) is 58.3 cm³/mol. The van der Waals surface area contributed by atoms with Crippen molar-refractivity contribution in [3.63, 3.8) is 0 Å². The van der Waals surface area contributed by atoms with Gasteiger partial charge in [-0.15, -0.1) is 0 Å². The highest BCUT2D eigenvalue weighted by atomic mass is 33.1. The monoisotopic (exact) mass is 193 g/mol. The summed E-state index contributed by atoms with van der Waals surface area (Å²) < 4.78 is 0.370. The largest absolute Gasteiger partial charge is 0.318 e. The average molecular weight is 193 g/mol. The summed E-state index contributed by atoms with van der Waals surface area (Å²) in [7, 11) is 5.97. The average Bonchev–Trinajstić information content (AvgIpc) is 1.87. The summed E-state index contributed by atoms with van der Waals surface area (Å²) in [6.45, 7) is 7.85. The van der Waals surface area contributed by atoms with E-state index in [-0.39, 0.29) is 0 Å². The second-order valence-electron chi connectivity index (χ2n) is 3.20. The lowest BCUT2D eigenvalue weighted by Gasteiger charge is -2.22. The van der Waals surface area contributed by atoms with Crippen molar-refractivity contribution in [1.82, 2.24) is 5.32 Å². The second-order valence-corrected chi connectivity index (χ2v) is 6.32. The van der Waals surface area contributed by atoms with Gasteiger partial charge in [-0.3, -0.25) is 0 Å². The van der Waals surface area contributed by atoms with Crippen molar-refractivity contribution >= 4 is 21.6 Å². The molecule has 0 rings (SSSR count). The Morgan fingerprint density at radius 1 is 1.36 bits per heavy atom. The van der Waals surface area contributed by atoms with Gasteiger partial charge in [0.2, 0.25) is 0 Å². The Balaban J connectivity index is 3.38. The topological polar surface area (TPSA) is 12.0 Å². The zero-order valence-corrected chi connectivity index (χ0v) is 9.57. The van der Waals surface area contributed by atoms with E-state index in [1.165, 1.54) is 12.2 Å². The van der Waals surface area contributed by atoms with E-state index in [2.05, 4.69) is 26.1 Å². The van der Waals surface area contributed by atoms with Crippen molar-refractivity contribution in [2.24, 2.45) is 0 Å². The predicted octanol–water partition coefficient (Wildman–Crippen LogP) is 2.78. The maximum absolute atomic E-state index is 3.20. The summed E-state index contributed by atoms with van der Waals surface area (Å²) in [5, 5.41) is 3.20. The van der Waals surface area contributed by atoms with E-state index in [4.69, 9.17) is 0 Å². The van der Waals surface area contributed by atoms with Crippen LogP contribution in [0.1, 0.15) is 27.2 Å². The number of rotatable bonds is 6. The molecule has 0 atom stereocenters. The van der Waals surface area contributed by atoms with Crippen LogP contribution < -0.4 is 5.32 Å². The van der Waals surface area contributed by atoms with Gasteiger partial charge in [0, 0.05) is 17.0 Å². The highest BCUT2D eigenvalue weighted by molar-refractivity contribution is 8.77. The highest BCUT2D eigenvalue weighted by Gasteiger charge is 2.16. The first-order valence-electron chi connectivity index (χ1n) is 4.07. The van der Waals surface area contributed by atoms with Crippen LogP contribution in [0.4, 0.5) is 0 Å². The summed E-state index contributed by atoms with van der Waals surface area (Å²) in [6, 6.07) is 0. The molecule has 0 radical (unpaired) electrons. The summed E-state index contributed by atoms with van der Waals surface area (Å²) in [5.74, 6) is 1.26. The van der Waals surface area contributed by atoms with E-state index in [9.17, 15) is 0 Å². The molecule has 0 aliphatic heterocycles. The van der Waals surface area contributed by atoms with Crippen LogP contribution in [-0.4, -0.2) is 24.1 Å². The zero-order valence-electron chi connectivity index (χ0n) is 7.94. The molecule has 0 heterocycles. The van der Waals surface area contributed by atoms with Crippen LogP contribution in [0.3, 0.4) is 0 Å². The van der Waals surface area contributed by atoms with Crippen LogP contribution in [0, 0.1) is 0 Å². The molecule has 0 bridgehead atoms. The first-order chi connectivity index (χ1) is 5.12. The van der Waals surface area contributed by atoms with Gasteiger partial charge < -0.3 is 5.32 Å². The first-order valence-corrected chi connectivity index (χ1v) is 6.39. The van der Waals surface area contributed by atoms with Crippen LogP contribution >= 0.6 is 21.6 Å². The maximum Gasteiger partial charge on any atom is 0.0331 e. The van der Waals surface area contributed by atoms with Crippen molar-refractivity contribution in [1.29, 1.82) is 0 Å². The van der Waals surface area contributed by atoms with Crippen LogP contribution in [-0.2, 0) is 0 Å². The molecule has 1 N–H and O–H groups in total. The number of hydrogen-bond acceptors (Lipinski definition) is 3. The van der Waals surface area contributed by atoms with Crippen molar-refractivity contribution < 1.29 is 0 Å². The van der Waals surface area contributed by atoms with E-state index in [0.717, 1.165) is 6.54 Å². The van der Waals surface area contributed by atoms with Crippen LogP contribution in [0.2, 0.25) is 0 Å². The van der Waals surface area contributed by atoms with Crippen LogP contribution in [0.15, 0.2) is 0 Å². The van der Waals surface area contributed by atoms with E-state index < -0.39 is 0 Å². The molecule has 0 unspecified atom stereocenters. The molecular formula is C8H19NS2. The molecule has 0 amide bonds. The van der Waals surface area contributed by atoms with Crippen LogP contribution in [0.5, 0.6) is 0 Å². The lowest BCUT2D eigenvalue weighted by atomic mass is 10.2. The van der Waals surface area contributed by atoms with Gasteiger partial charge >= 0.3 is 0 Å². The molecule has 0 aromatic rings. The van der Waals surface area contributed by atoms with Gasteiger partial charge in [-0.05, 0) is 27.3 Å². The molecule has 0 saturated carbocycles. The molecule has 0 spiro atoms. The summed E-state index contributed by atoms with van der Waals surface area (Å²) in [5.41, 5.74) is 0. The van der Waals surface area contributed by atoms with Crippen molar-refractivity contribution in [3.8, 4) is 0 Å². The summed E-state index contributed by atoms with van der Waals surface area (Å²) >= 11 is 0. The third-order valence-corrected chi connectivity index (χ3v) is 4.67. The number of nitrogens with one attached hydrogen (secondary N) is 1. The highest BCUT2D eigenvalue weighted by Crippen LogP contribution is 2.35. The van der Waals surface area contributed by atoms with Gasteiger partial charge in [0.05, 0.1) is 0 Å². The van der Waals surface area contributed by atoms with Gasteiger partial charge in [0.25, 0.3) is 0 Å². The van der Waals surface area contributed by atoms with Crippen molar-refractivity contribution in [3.05, 3.63) is 0 Å². The summed E-state index contributed by atoms with van der Waals surface area (Å²) in [6.07, 6.45) is 1.27. The van der Waals surface area contributed by atoms with E-state index in [1.807, 2.05) is 28.6 Å². The fourth-order valence-corrected chi connectivity index (χ4v) is 3.40. The van der Waals surface area contributed by atoms with Gasteiger partial charge in [0.1, 0.15) is 0 Å². The number of hydrogen-bond donors (Lipinski definition) is 1. The minimum atomic E-state index is 0.370. The Bertz CT molecular complexity index is 94.1. The SMILES string of the molecule is CCCSSC(C)(C)CNC. The van der Waals surface area contributed by atoms with E-state index in [1.54, 1.807) is 0 Å². The molecule has 0 fully saturated rings. The third kappa shape index (κ3) is 7.04. The molecule has 68 valence electrons. The van der Waals surface area contributed by atoms with E-state index in [0.29, 0.717) is 4.75 Å². The minimum absolute atomic E-state index is 0.370. The molecule has 1 nitrogen and oxygen atoms in total.